The van der Waals surface area contributed by atoms with E-state index in [1.54, 1.807) is 0 Å². The lowest BCUT2D eigenvalue weighted by Gasteiger charge is -2.11. The van der Waals surface area contributed by atoms with Gasteiger partial charge >= 0.3 is 5.69 Å². The van der Waals surface area contributed by atoms with E-state index in [9.17, 15) is 9.59 Å². The molecule has 0 amide bonds. The molecule has 0 saturated heterocycles. The van der Waals surface area contributed by atoms with Crippen molar-refractivity contribution in [2.45, 2.75) is 39.3 Å². The molecule has 1 fully saturated rings. The van der Waals surface area contributed by atoms with Crippen LogP contribution in [0.5, 0.6) is 0 Å². The summed E-state index contributed by atoms with van der Waals surface area (Å²) in [4.78, 5) is 33.2. The van der Waals surface area contributed by atoms with Crippen molar-refractivity contribution in [3.05, 3.63) is 80.8 Å². The Bertz CT molecular complexity index is 1620. The number of aryl methyl sites for hydroxylation is 1. The zero-order chi connectivity index (χ0) is 23.9. The van der Waals surface area contributed by atoms with E-state index in [1.165, 1.54) is 4.57 Å². The minimum absolute atomic E-state index is 0.270. The molecule has 5 aromatic rings. The number of H-pyrrole nitrogens is 2. The molecule has 0 atom stereocenters. The lowest BCUT2D eigenvalue weighted by molar-refractivity contribution is 0.578. The molecule has 2 N–H and O–H groups in total. The molecule has 35 heavy (non-hydrogen) atoms. The van der Waals surface area contributed by atoms with Gasteiger partial charge in [-0.15, -0.1) is 10.2 Å². The third-order valence-corrected chi connectivity index (χ3v) is 6.54. The van der Waals surface area contributed by atoms with Gasteiger partial charge in [-0.1, -0.05) is 55.5 Å². The van der Waals surface area contributed by atoms with Gasteiger partial charge < -0.3 is 4.57 Å². The van der Waals surface area contributed by atoms with Crippen molar-refractivity contribution in [3.63, 3.8) is 0 Å². The van der Waals surface area contributed by atoms with Crippen molar-refractivity contribution < 1.29 is 0 Å². The maximum Gasteiger partial charge on any atom is 0.330 e. The predicted octanol–water partition coefficient (Wildman–Crippen LogP) is 2.75. The van der Waals surface area contributed by atoms with Crippen molar-refractivity contribution in [2.24, 2.45) is 5.92 Å². The van der Waals surface area contributed by atoms with Gasteiger partial charge in [0, 0.05) is 25.1 Å². The van der Waals surface area contributed by atoms with Gasteiger partial charge in [-0.25, -0.2) is 9.78 Å². The van der Waals surface area contributed by atoms with Crippen LogP contribution in [0, 0.1) is 5.92 Å². The van der Waals surface area contributed by atoms with Gasteiger partial charge in [-0.05, 0) is 40.7 Å². The van der Waals surface area contributed by atoms with Crippen LogP contribution in [-0.4, -0.2) is 39.7 Å². The van der Waals surface area contributed by atoms with E-state index in [0.717, 1.165) is 40.9 Å². The number of aromatic amines is 2. The van der Waals surface area contributed by atoms with Crippen molar-refractivity contribution >= 4 is 11.2 Å². The molecule has 0 aliphatic heterocycles. The Labute approximate surface area is 199 Å². The second kappa shape index (κ2) is 8.46. The topological polar surface area (TPSA) is 127 Å². The summed E-state index contributed by atoms with van der Waals surface area (Å²) >= 11 is 0. The Morgan fingerprint density at radius 1 is 1.00 bits per heavy atom. The molecule has 1 aliphatic carbocycles. The summed E-state index contributed by atoms with van der Waals surface area (Å²) in [6.07, 6.45) is 2.77. The number of rotatable bonds is 7. The van der Waals surface area contributed by atoms with Gasteiger partial charge in [0.25, 0.3) is 5.56 Å². The van der Waals surface area contributed by atoms with Gasteiger partial charge in [-0.3, -0.25) is 14.3 Å². The van der Waals surface area contributed by atoms with Crippen LogP contribution in [0.1, 0.15) is 31.2 Å². The highest BCUT2D eigenvalue weighted by Gasteiger charge is 2.25. The maximum atomic E-state index is 13.3. The van der Waals surface area contributed by atoms with E-state index in [1.807, 2.05) is 60.0 Å². The molecule has 2 aromatic carbocycles. The number of imidazole rings is 1. The summed E-state index contributed by atoms with van der Waals surface area (Å²) in [5, 5.41) is 14.4. The highest BCUT2D eigenvalue weighted by atomic mass is 16.2. The molecular formula is C25H24N8O2. The number of tetrazole rings is 1. The number of nitrogens with zero attached hydrogens (tertiary/aromatic N) is 6. The van der Waals surface area contributed by atoms with Crippen LogP contribution >= 0.6 is 0 Å². The lowest BCUT2D eigenvalue weighted by Crippen LogP contribution is -2.36. The van der Waals surface area contributed by atoms with Gasteiger partial charge in [-0.2, -0.15) is 5.21 Å². The van der Waals surface area contributed by atoms with Gasteiger partial charge in [0.15, 0.2) is 11.2 Å². The largest absolute Gasteiger partial charge is 0.330 e. The van der Waals surface area contributed by atoms with Crippen molar-refractivity contribution in [3.8, 4) is 22.5 Å². The summed E-state index contributed by atoms with van der Waals surface area (Å²) in [6, 6.07) is 16.1. The number of fused-ring (bicyclic) bond motifs is 1. The SMILES string of the molecule is CCc1nc2[nH]c(=O)n(CC3CC3)c(=O)c2n1Cc1ccc(-c2ccccc2-c2nn[nH]n2)cc1. The van der Waals surface area contributed by atoms with Crippen LogP contribution in [0.25, 0.3) is 33.7 Å². The quantitative estimate of drug-likeness (QED) is 0.378. The summed E-state index contributed by atoms with van der Waals surface area (Å²) in [6.45, 7) is 2.94. The molecule has 0 unspecified atom stereocenters. The van der Waals surface area contributed by atoms with E-state index < -0.39 is 0 Å². The molecule has 6 rings (SSSR count). The molecule has 0 radical (unpaired) electrons. The fourth-order valence-corrected chi connectivity index (χ4v) is 4.53. The predicted molar refractivity (Wildman–Crippen MR) is 131 cm³/mol. The first-order valence-electron chi connectivity index (χ1n) is 11.8. The Morgan fingerprint density at radius 2 is 1.77 bits per heavy atom. The fraction of sp³-hybridized carbons (Fsp3) is 0.280. The molecule has 176 valence electrons. The Morgan fingerprint density at radius 3 is 2.46 bits per heavy atom. The summed E-state index contributed by atoms with van der Waals surface area (Å²) in [7, 11) is 0. The summed E-state index contributed by atoms with van der Waals surface area (Å²) < 4.78 is 3.26. The monoisotopic (exact) mass is 468 g/mol. The first-order chi connectivity index (χ1) is 17.1. The first kappa shape index (κ1) is 21.2. The van der Waals surface area contributed by atoms with Gasteiger partial charge in [0.05, 0.1) is 0 Å². The molecular weight excluding hydrogens is 444 g/mol. The van der Waals surface area contributed by atoms with Crippen LogP contribution in [0.15, 0.2) is 58.1 Å². The smallest absolute Gasteiger partial charge is 0.318 e. The Balaban J connectivity index is 1.37. The maximum absolute atomic E-state index is 13.3. The second-order valence-electron chi connectivity index (χ2n) is 8.93. The minimum atomic E-state index is -0.383. The van der Waals surface area contributed by atoms with Crippen molar-refractivity contribution in [2.75, 3.05) is 0 Å². The van der Waals surface area contributed by atoms with Crippen LogP contribution < -0.4 is 11.2 Å². The molecule has 1 aliphatic rings. The van der Waals surface area contributed by atoms with Crippen LogP contribution in [0.3, 0.4) is 0 Å². The fourth-order valence-electron chi connectivity index (χ4n) is 4.53. The first-order valence-corrected chi connectivity index (χ1v) is 11.8. The van der Waals surface area contributed by atoms with E-state index in [0.29, 0.717) is 42.4 Å². The average molecular weight is 469 g/mol. The molecule has 10 nitrogen and oxygen atoms in total. The van der Waals surface area contributed by atoms with Crippen LogP contribution in [-0.2, 0) is 19.5 Å². The number of nitrogens with one attached hydrogen (secondary N) is 2. The highest BCUT2D eigenvalue weighted by Crippen LogP contribution is 2.31. The van der Waals surface area contributed by atoms with Gasteiger partial charge in [0.1, 0.15) is 5.82 Å². The minimum Gasteiger partial charge on any atom is -0.318 e. The Hall–Kier alpha value is -4.34. The second-order valence-corrected chi connectivity index (χ2v) is 8.93. The van der Waals surface area contributed by atoms with Crippen molar-refractivity contribution in [1.29, 1.82) is 0 Å². The molecule has 0 spiro atoms. The standard InChI is InChI=1S/C25H24N8O2/c1-2-20-26-23-21(24(34)33(25(35)27-23)14-15-7-8-15)32(20)13-16-9-11-17(12-10-16)18-5-3-4-6-19(18)22-28-30-31-29-22/h3-6,9-12,15H,2,7-8,13-14H2,1H3,(H,27,35)(H,28,29,30,31). The number of aromatic nitrogens is 8. The van der Waals surface area contributed by atoms with Crippen molar-refractivity contribution in [1.82, 2.24) is 39.7 Å². The summed E-state index contributed by atoms with van der Waals surface area (Å²) in [5.74, 6) is 1.72. The van der Waals surface area contributed by atoms with E-state index in [4.69, 9.17) is 0 Å². The number of hydrogen-bond donors (Lipinski definition) is 2. The molecule has 3 heterocycles. The van der Waals surface area contributed by atoms with E-state index in [2.05, 4.69) is 30.6 Å². The van der Waals surface area contributed by atoms with E-state index >= 15 is 0 Å². The zero-order valence-corrected chi connectivity index (χ0v) is 19.2. The number of benzene rings is 2. The number of hydrogen-bond acceptors (Lipinski definition) is 6. The third kappa shape index (κ3) is 3.86. The average Bonchev–Trinajstić information content (AvgIpc) is 3.40. The molecule has 1 saturated carbocycles. The molecule has 0 bridgehead atoms. The zero-order valence-electron chi connectivity index (χ0n) is 19.2. The normalized spacial score (nSPS) is 13.5. The molecule has 10 heteroatoms. The summed E-state index contributed by atoms with van der Waals surface area (Å²) in [5.41, 5.74) is 4.10. The Kier molecular flexibility index (Phi) is 5.13. The van der Waals surface area contributed by atoms with Crippen LogP contribution in [0.4, 0.5) is 0 Å². The highest BCUT2D eigenvalue weighted by molar-refractivity contribution is 5.80. The molecule has 3 aromatic heterocycles. The van der Waals surface area contributed by atoms with Gasteiger partial charge in [0.2, 0.25) is 5.82 Å². The van der Waals surface area contributed by atoms with E-state index in [-0.39, 0.29) is 11.2 Å². The third-order valence-electron chi connectivity index (χ3n) is 6.54. The lowest BCUT2D eigenvalue weighted by atomic mass is 9.98. The van der Waals surface area contributed by atoms with Crippen LogP contribution in [0.2, 0.25) is 0 Å².